The number of carbonyl (C=O) groups excluding carboxylic acids is 2. The molecule has 0 radical (unpaired) electrons. The second-order valence-electron chi connectivity index (χ2n) is 7.15. The zero-order valence-corrected chi connectivity index (χ0v) is 17.8. The molecule has 0 spiro atoms. The highest BCUT2D eigenvalue weighted by molar-refractivity contribution is 5.96. The number of nitrogens with zero attached hydrogens (tertiary/aromatic N) is 2. The van der Waals surface area contributed by atoms with Crippen LogP contribution in [0.4, 0.5) is 0 Å². The molecule has 0 fully saturated rings. The Labute approximate surface area is 181 Å². The molecular formula is C24H25N3O4. The molecule has 0 saturated heterocycles. The summed E-state index contributed by atoms with van der Waals surface area (Å²) in [5.41, 5.74) is 4.55. The minimum Gasteiger partial charge on any atom is -0.504 e. The third-order valence-corrected chi connectivity index (χ3v) is 4.69. The predicted octanol–water partition coefficient (Wildman–Crippen LogP) is 3.35. The number of nitrogens with one attached hydrogen (secondary N) is 1. The molecular weight excluding hydrogens is 394 g/mol. The Morgan fingerprint density at radius 3 is 2.45 bits per heavy atom. The Bertz CT molecular complexity index is 1090. The van der Waals surface area contributed by atoms with Gasteiger partial charge >= 0.3 is 5.97 Å². The third-order valence-electron chi connectivity index (χ3n) is 4.69. The van der Waals surface area contributed by atoms with E-state index in [0.717, 1.165) is 16.7 Å². The van der Waals surface area contributed by atoms with Crippen LogP contribution in [0.25, 0.3) is 11.1 Å². The van der Waals surface area contributed by atoms with Crippen molar-refractivity contribution in [3.63, 3.8) is 0 Å². The molecule has 0 atom stereocenters. The van der Waals surface area contributed by atoms with Crippen molar-refractivity contribution in [2.75, 3.05) is 13.2 Å². The zero-order valence-electron chi connectivity index (χ0n) is 17.8. The molecule has 2 aromatic carbocycles. The van der Waals surface area contributed by atoms with E-state index in [0.29, 0.717) is 17.9 Å². The number of carbonyl (C=O) groups is 2. The summed E-state index contributed by atoms with van der Waals surface area (Å²) < 4.78 is 4.78. The fraction of sp³-hybridized carbons (Fsp3) is 0.250. The molecule has 0 saturated carbocycles. The average Bonchev–Trinajstić information content (AvgIpc) is 2.75. The van der Waals surface area contributed by atoms with E-state index in [1.165, 1.54) is 5.56 Å². The predicted molar refractivity (Wildman–Crippen MR) is 117 cm³/mol. The minimum atomic E-state index is -0.660. The van der Waals surface area contributed by atoms with E-state index < -0.39 is 11.9 Å². The van der Waals surface area contributed by atoms with Gasteiger partial charge in [-0.1, -0.05) is 54.1 Å². The van der Waals surface area contributed by atoms with Gasteiger partial charge in [0.15, 0.2) is 11.4 Å². The first-order valence-corrected chi connectivity index (χ1v) is 10.0. The number of aromatic nitrogens is 2. The largest absolute Gasteiger partial charge is 0.504 e. The molecule has 7 heteroatoms. The number of amides is 1. The number of aryl methyl sites for hydroxylation is 2. The van der Waals surface area contributed by atoms with Crippen LogP contribution >= 0.6 is 0 Å². The molecule has 0 bridgehead atoms. The smallest absolute Gasteiger partial charge is 0.325 e. The molecule has 7 nitrogen and oxygen atoms in total. The summed E-state index contributed by atoms with van der Waals surface area (Å²) in [6.45, 7) is 5.26. The van der Waals surface area contributed by atoms with Gasteiger partial charge in [0.1, 0.15) is 12.4 Å². The number of aromatic hydroxyl groups is 1. The Morgan fingerprint density at radius 1 is 1.03 bits per heavy atom. The van der Waals surface area contributed by atoms with Gasteiger partial charge in [0.2, 0.25) is 0 Å². The van der Waals surface area contributed by atoms with Crippen LogP contribution in [0.15, 0.2) is 48.5 Å². The molecule has 0 aliphatic carbocycles. The molecule has 3 aromatic rings. The van der Waals surface area contributed by atoms with E-state index in [1.54, 1.807) is 13.8 Å². The monoisotopic (exact) mass is 419 g/mol. The van der Waals surface area contributed by atoms with Crippen LogP contribution in [0.5, 0.6) is 5.75 Å². The van der Waals surface area contributed by atoms with Gasteiger partial charge in [-0.05, 0) is 37.5 Å². The molecule has 0 aliphatic heterocycles. The van der Waals surface area contributed by atoms with E-state index in [9.17, 15) is 14.7 Å². The Morgan fingerprint density at radius 2 is 1.77 bits per heavy atom. The standard InChI is InChI=1S/C24H25N3O4/c1-4-31-21(28)14-25-24(30)22-23(29)16(3)26-20(27-22)13-17-8-10-18(11-9-17)19-7-5-6-15(2)12-19/h5-12,29H,4,13-14H2,1-3H3,(H,25,30). The Kier molecular flexibility index (Phi) is 6.97. The molecule has 0 aliphatic rings. The summed E-state index contributed by atoms with van der Waals surface area (Å²) >= 11 is 0. The van der Waals surface area contributed by atoms with E-state index in [2.05, 4.69) is 40.4 Å². The molecule has 2 N–H and O–H groups in total. The molecule has 160 valence electrons. The Balaban J connectivity index is 1.76. The number of rotatable bonds is 7. The van der Waals surface area contributed by atoms with Crippen molar-refractivity contribution in [1.82, 2.24) is 15.3 Å². The van der Waals surface area contributed by atoms with Crippen molar-refractivity contribution in [1.29, 1.82) is 0 Å². The molecule has 31 heavy (non-hydrogen) atoms. The van der Waals surface area contributed by atoms with Crippen molar-refractivity contribution in [3.05, 3.63) is 76.9 Å². The first kappa shape index (κ1) is 22.0. The fourth-order valence-corrected chi connectivity index (χ4v) is 3.13. The summed E-state index contributed by atoms with van der Waals surface area (Å²) in [5, 5.41) is 12.6. The number of ether oxygens (including phenoxy) is 1. The minimum absolute atomic E-state index is 0.164. The van der Waals surface area contributed by atoms with E-state index >= 15 is 0 Å². The molecule has 0 unspecified atom stereocenters. The van der Waals surface area contributed by atoms with Gasteiger partial charge in [-0.3, -0.25) is 9.59 Å². The summed E-state index contributed by atoms with van der Waals surface area (Å²) in [6, 6.07) is 16.3. The maximum absolute atomic E-state index is 12.4. The lowest BCUT2D eigenvalue weighted by atomic mass is 10.0. The zero-order chi connectivity index (χ0) is 22.4. The van der Waals surface area contributed by atoms with Gasteiger partial charge in [0.05, 0.1) is 12.3 Å². The van der Waals surface area contributed by atoms with E-state index in [4.69, 9.17) is 4.74 Å². The van der Waals surface area contributed by atoms with E-state index in [-0.39, 0.29) is 24.6 Å². The van der Waals surface area contributed by atoms with Crippen LogP contribution < -0.4 is 5.32 Å². The van der Waals surface area contributed by atoms with Crippen molar-refractivity contribution in [2.45, 2.75) is 27.2 Å². The number of hydrogen-bond donors (Lipinski definition) is 2. The first-order valence-electron chi connectivity index (χ1n) is 10.0. The number of esters is 1. The summed E-state index contributed by atoms with van der Waals surface area (Å²) in [5.74, 6) is -1.12. The highest BCUT2D eigenvalue weighted by atomic mass is 16.5. The summed E-state index contributed by atoms with van der Waals surface area (Å²) in [4.78, 5) is 32.4. The number of hydrogen-bond acceptors (Lipinski definition) is 6. The van der Waals surface area contributed by atoms with Crippen molar-refractivity contribution in [2.24, 2.45) is 0 Å². The quantitative estimate of drug-likeness (QED) is 0.570. The molecule has 1 aromatic heterocycles. The highest BCUT2D eigenvalue weighted by Crippen LogP contribution is 2.23. The van der Waals surface area contributed by atoms with Crippen LogP contribution in [0.2, 0.25) is 0 Å². The Hall–Kier alpha value is -3.74. The van der Waals surface area contributed by atoms with E-state index in [1.807, 2.05) is 30.3 Å². The second-order valence-corrected chi connectivity index (χ2v) is 7.15. The normalized spacial score (nSPS) is 10.5. The van der Waals surface area contributed by atoms with Gasteiger partial charge in [-0.15, -0.1) is 0 Å². The topological polar surface area (TPSA) is 101 Å². The summed E-state index contributed by atoms with van der Waals surface area (Å²) in [6.07, 6.45) is 0.396. The first-order chi connectivity index (χ1) is 14.9. The fourth-order valence-electron chi connectivity index (χ4n) is 3.13. The van der Waals surface area contributed by atoms with Gasteiger partial charge in [0.25, 0.3) is 5.91 Å². The SMILES string of the molecule is CCOC(=O)CNC(=O)c1nc(Cc2ccc(-c3cccc(C)c3)cc2)nc(C)c1O. The highest BCUT2D eigenvalue weighted by Gasteiger charge is 2.19. The third kappa shape index (κ3) is 5.66. The van der Waals surface area contributed by atoms with Crippen LogP contribution in [0.1, 0.15) is 40.1 Å². The van der Waals surface area contributed by atoms with Gasteiger partial charge in [0, 0.05) is 6.42 Å². The maximum atomic E-state index is 12.4. The lowest BCUT2D eigenvalue weighted by Crippen LogP contribution is -2.31. The average molecular weight is 419 g/mol. The maximum Gasteiger partial charge on any atom is 0.325 e. The van der Waals surface area contributed by atoms with Crippen molar-refractivity contribution < 1.29 is 19.4 Å². The van der Waals surface area contributed by atoms with Gasteiger partial charge in [-0.2, -0.15) is 0 Å². The van der Waals surface area contributed by atoms with Crippen LogP contribution in [0, 0.1) is 13.8 Å². The van der Waals surface area contributed by atoms with Gasteiger partial charge < -0.3 is 15.2 Å². The molecule has 1 heterocycles. The second kappa shape index (κ2) is 9.84. The van der Waals surface area contributed by atoms with Gasteiger partial charge in [-0.25, -0.2) is 9.97 Å². The van der Waals surface area contributed by atoms with Crippen molar-refractivity contribution >= 4 is 11.9 Å². The van der Waals surface area contributed by atoms with Crippen LogP contribution in [-0.2, 0) is 16.0 Å². The number of benzene rings is 2. The molecule has 3 rings (SSSR count). The van der Waals surface area contributed by atoms with Crippen LogP contribution in [-0.4, -0.2) is 40.1 Å². The molecule has 1 amide bonds. The lowest BCUT2D eigenvalue weighted by molar-refractivity contribution is -0.141. The van der Waals surface area contributed by atoms with Crippen molar-refractivity contribution in [3.8, 4) is 16.9 Å². The van der Waals surface area contributed by atoms with Crippen LogP contribution in [0.3, 0.4) is 0 Å². The summed E-state index contributed by atoms with van der Waals surface area (Å²) in [7, 11) is 0. The lowest BCUT2D eigenvalue weighted by Gasteiger charge is -2.10.